The molecule has 2 amide bonds. The van der Waals surface area contributed by atoms with E-state index in [2.05, 4.69) is 24.9 Å². The normalized spacial score (nSPS) is 34.5. The molecule has 2 aromatic rings. The molecule has 3 saturated heterocycles. The zero-order chi connectivity index (χ0) is 64.8. The molecule has 7 heterocycles. The zero-order valence-corrected chi connectivity index (χ0v) is 54.5. The van der Waals surface area contributed by atoms with Crippen molar-refractivity contribution in [3.63, 3.8) is 0 Å². The molecule has 0 spiro atoms. The molecule has 16 atom stereocenters. The predicted octanol–water partition coefficient (Wildman–Crippen LogP) is 5.43. The van der Waals surface area contributed by atoms with Crippen molar-refractivity contribution < 1.29 is 63.7 Å². The zero-order valence-electron chi connectivity index (χ0n) is 54.5. The first-order valence-corrected chi connectivity index (χ1v) is 32.8. The summed E-state index contributed by atoms with van der Waals surface area (Å²) in [5, 5.41) is 63.4. The summed E-state index contributed by atoms with van der Waals surface area (Å²) in [7, 11) is 3.19. The van der Waals surface area contributed by atoms with Gasteiger partial charge in [0.2, 0.25) is 17.8 Å². The van der Waals surface area contributed by atoms with E-state index in [1.807, 2.05) is 77.4 Å². The third-order valence-electron chi connectivity index (χ3n) is 19.5. The van der Waals surface area contributed by atoms with E-state index in [1.54, 1.807) is 45.2 Å². The number of methoxy groups -OCH3 is 2. The van der Waals surface area contributed by atoms with E-state index in [-0.39, 0.29) is 67.5 Å². The first-order valence-electron chi connectivity index (χ1n) is 32.8. The minimum atomic E-state index is -1.79. The molecule has 23 nitrogen and oxygen atoms in total. The van der Waals surface area contributed by atoms with Gasteiger partial charge in [-0.25, -0.2) is 24.7 Å². The van der Waals surface area contributed by atoms with Gasteiger partial charge in [0.05, 0.1) is 48.3 Å². The lowest BCUT2D eigenvalue weighted by Gasteiger charge is -2.44. The molecule has 5 aliphatic heterocycles. The first-order chi connectivity index (χ1) is 43.0. The van der Waals surface area contributed by atoms with Gasteiger partial charge in [0, 0.05) is 127 Å². The quantitative estimate of drug-likeness (QED) is 0.0981. The maximum atomic E-state index is 14.6. The topological polar surface area (TPSA) is 301 Å². The number of nitrogens with two attached hydrogens (primary N) is 1. The number of piperidine rings is 1. The Hall–Kier alpha value is -5.76. The lowest BCUT2D eigenvalue weighted by atomic mass is 9.80. The molecule has 0 unspecified atom stereocenters. The summed E-state index contributed by atoms with van der Waals surface area (Å²) in [5.74, 6) is -3.39. The molecule has 8 rings (SSSR count). The monoisotopic (exact) mass is 1250 g/mol. The molecule has 4 fully saturated rings. The number of rotatable bonds is 10. The van der Waals surface area contributed by atoms with Crippen molar-refractivity contribution in [1.29, 1.82) is 0 Å². The van der Waals surface area contributed by atoms with Crippen molar-refractivity contribution in [2.75, 3.05) is 69.9 Å². The van der Waals surface area contributed by atoms with Crippen LogP contribution in [0, 0.1) is 36.5 Å². The molecule has 1 aliphatic carbocycles. The van der Waals surface area contributed by atoms with Gasteiger partial charge in [-0.15, -0.1) is 0 Å². The number of aromatic nitrogens is 4. The van der Waals surface area contributed by atoms with Gasteiger partial charge < -0.3 is 74.7 Å². The minimum Gasteiger partial charge on any atom is -0.459 e. The number of aryl methyl sites for hydroxylation is 1. The van der Waals surface area contributed by atoms with Gasteiger partial charge in [-0.1, -0.05) is 69.3 Å². The van der Waals surface area contributed by atoms with Crippen LogP contribution in [0.25, 0.3) is 0 Å². The van der Waals surface area contributed by atoms with Crippen LogP contribution in [0.4, 0.5) is 11.9 Å². The van der Waals surface area contributed by atoms with Crippen LogP contribution in [0.1, 0.15) is 142 Å². The van der Waals surface area contributed by atoms with Crippen LogP contribution in [-0.2, 0) is 51.1 Å². The Morgan fingerprint density at radius 2 is 1.52 bits per heavy atom. The second-order valence-electron chi connectivity index (χ2n) is 26.5. The number of hydrogen-bond donors (Lipinski definition) is 6. The SMILES string of the molecule is CO[C@H]1C[C@@H]2CC[C@@H](C)[C@](O)(CC(=O)N3CCCC[C@H]3C(=O)O[C@H]([C@H](N)C[C@@H]3CC[C@@H](O)[C@H](OC)C3)C[C@@H](O)[C@H](C)/C=C(\C)[C@@H](O)[C@@H](O)/C(=N/OCC(=O)N3CCc4nc(N5CCN(c6ncc(C)cn6)CC5)ncc4C3)[C@H](C)C[C@H](C)/C=C/C=CC=C1C)O2. The van der Waals surface area contributed by atoms with E-state index in [9.17, 15) is 39.9 Å². The van der Waals surface area contributed by atoms with Crippen molar-refractivity contribution in [3.05, 3.63) is 83.0 Å². The van der Waals surface area contributed by atoms with Crippen molar-refractivity contribution in [3.8, 4) is 0 Å². The number of cyclic esters (lactones) is 1. The van der Waals surface area contributed by atoms with E-state index in [4.69, 9.17) is 39.5 Å². The Labute approximate surface area is 531 Å². The third kappa shape index (κ3) is 18.5. The van der Waals surface area contributed by atoms with Crippen LogP contribution in [0.5, 0.6) is 0 Å². The average Bonchev–Trinajstić information content (AvgIpc) is 1.47. The lowest BCUT2D eigenvalue weighted by molar-refractivity contribution is -0.284. The van der Waals surface area contributed by atoms with Gasteiger partial charge in [-0.05, 0) is 114 Å². The third-order valence-corrected chi connectivity index (χ3v) is 19.5. The van der Waals surface area contributed by atoms with E-state index >= 15 is 0 Å². The maximum Gasteiger partial charge on any atom is 0.329 e. The number of amides is 2. The molecular formula is C67H102N10O13. The van der Waals surface area contributed by atoms with Crippen LogP contribution in [0.15, 0.2) is 71.3 Å². The van der Waals surface area contributed by atoms with Gasteiger partial charge in [-0.2, -0.15) is 0 Å². The second-order valence-corrected chi connectivity index (χ2v) is 26.5. The van der Waals surface area contributed by atoms with Crippen LogP contribution < -0.4 is 15.5 Å². The van der Waals surface area contributed by atoms with E-state index in [0.29, 0.717) is 114 Å². The predicted molar refractivity (Wildman–Crippen MR) is 340 cm³/mol. The summed E-state index contributed by atoms with van der Waals surface area (Å²) in [6, 6.07) is -1.74. The molecule has 90 heavy (non-hydrogen) atoms. The first kappa shape index (κ1) is 70.1. The molecule has 2 aromatic heterocycles. The molecule has 498 valence electrons. The van der Waals surface area contributed by atoms with Crippen molar-refractivity contribution >= 4 is 35.4 Å². The summed E-state index contributed by atoms with van der Waals surface area (Å²) in [4.78, 5) is 74.8. The molecule has 1 saturated carbocycles. The molecular weight excluding hydrogens is 1150 g/mol. The number of fused-ring (bicyclic) bond motifs is 4. The largest absolute Gasteiger partial charge is 0.459 e. The van der Waals surface area contributed by atoms with Crippen molar-refractivity contribution in [2.24, 2.45) is 40.5 Å². The molecule has 23 heteroatoms. The number of hydrogen-bond acceptors (Lipinski definition) is 21. The number of nitrogens with zero attached hydrogens (tertiary/aromatic N) is 9. The van der Waals surface area contributed by atoms with Crippen LogP contribution in [-0.4, -0.2) is 206 Å². The lowest BCUT2D eigenvalue weighted by Crippen LogP contribution is -2.55. The summed E-state index contributed by atoms with van der Waals surface area (Å²) in [5.41, 5.74) is 11.1. The number of carbonyl (C=O) groups is 3. The van der Waals surface area contributed by atoms with E-state index in [0.717, 1.165) is 35.5 Å². The van der Waals surface area contributed by atoms with Crippen molar-refractivity contribution in [2.45, 2.75) is 212 Å². The standard InChI is InChI=1S/C67H102N10O13/c1-41-15-11-10-12-16-43(3)56(86-8)33-50-20-18-47(7)67(85,90-50)35-59(80)77-23-14-13-17-53(77)64(84)89-57(51(68)31-48-19-21-54(78)58(32-48)87-9)34-55(79)44(4)30-46(6)62(82)63(83)61(45(5)29-41)73-88-40-60(81)76-24-22-52-49(39-76)38-71-66(72-52)75-27-25-74(26-28-75)65-69-36-42(2)37-70-65/h10-12,15-16,30,36-38,41,44-45,47-48,50-51,53-58,62-63,78-79,82-83,85H,13-14,17-29,31-35,39-40,68H2,1-9H3/b12-10?,15-11+,43-16?,46-30+,73-61+/t41-,44-,45-,47-,48+,50+,51-,53+,54-,55-,56+,57+,58-,62-,63+,67+/m1/s1. The minimum absolute atomic E-state index is 0.0200. The molecule has 0 aromatic carbocycles. The van der Waals surface area contributed by atoms with Gasteiger partial charge in [0.1, 0.15) is 24.4 Å². The fourth-order valence-corrected chi connectivity index (χ4v) is 13.6. The summed E-state index contributed by atoms with van der Waals surface area (Å²) in [6.07, 6.45) is 15.8. The fraction of sp³-hybridized carbons (Fsp3) is 0.701. The van der Waals surface area contributed by atoms with Crippen molar-refractivity contribution in [1.82, 2.24) is 29.7 Å². The molecule has 7 N–H and O–H groups in total. The van der Waals surface area contributed by atoms with E-state index in [1.165, 1.54) is 4.90 Å². The van der Waals surface area contributed by atoms with Gasteiger partial charge in [-0.3, -0.25) is 9.59 Å². The number of carbonyl (C=O) groups excluding carboxylic acids is 3. The van der Waals surface area contributed by atoms with Gasteiger partial charge in [0.25, 0.3) is 5.91 Å². The highest BCUT2D eigenvalue weighted by molar-refractivity contribution is 5.91. The highest BCUT2D eigenvalue weighted by Crippen LogP contribution is 2.39. The number of aliphatic hydroxyl groups excluding tert-OH is 4. The number of esters is 1. The van der Waals surface area contributed by atoms with Crippen LogP contribution >= 0.6 is 0 Å². The van der Waals surface area contributed by atoms with E-state index < -0.39 is 84.8 Å². The highest BCUT2D eigenvalue weighted by Gasteiger charge is 2.47. The number of aliphatic hydroxyl groups is 5. The molecule has 0 radical (unpaired) electrons. The Bertz CT molecular complexity index is 2850. The Kier molecular flexibility index (Phi) is 25.5. The Balaban J connectivity index is 1.00. The van der Waals surface area contributed by atoms with Gasteiger partial charge >= 0.3 is 5.97 Å². The number of ether oxygens (including phenoxy) is 4. The Morgan fingerprint density at radius 3 is 2.24 bits per heavy atom. The maximum absolute atomic E-state index is 14.6. The number of anilines is 2. The van der Waals surface area contributed by atoms with Crippen LogP contribution in [0.2, 0.25) is 0 Å². The summed E-state index contributed by atoms with van der Waals surface area (Å²) in [6.45, 7) is 16.5. The fourth-order valence-electron chi connectivity index (χ4n) is 13.6. The number of piperazine rings is 1. The Morgan fingerprint density at radius 1 is 0.800 bits per heavy atom. The smallest absolute Gasteiger partial charge is 0.329 e. The second kappa shape index (κ2) is 32.7. The number of oxime groups is 1. The number of allylic oxidation sites excluding steroid dienone is 5. The average molecular weight is 1260 g/mol. The van der Waals surface area contributed by atoms with Gasteiger partial charge in [0.15, 0.2) is 12.4 Å². The summed E-state index contributed by atoms with van der Waals surface area (Å²) >= 11 is 0. The molecule has 6 aliphatic rings. The van der Waals surface area contributed by atoms with Crippen LogP contribution in [0.3, 0.4) is 0 Å². The summed E-state index contributed by atoms with van der Waals surface area (Å²) < 4.78 is 24.4. The highest BCUT2D eigenvalue weighted by atomic mass is 16.6. The molecule has 2 bridgehead atoms.